The van der Waals surface area contributed by atoms with E-state index in [0.717, 1.165) is 23.4 Å². The molecule has 0 aliphatic rings. The highest BCUT2D eigenvalue weighted by atomic mass is 35.5. The topological polar surface area (TPSA) is 41.6 Å². The van der Waals surface area contributed by atoms with Crippen molar-refractivity contribution in [2.24, 2.45) is 11.8 Å². The summed E-state index contributed by atoms with van der Waals surface area (Å²) in [5.41, 5.74) is 2.37. The SMILES string of the molecule is CC(C)C(C)Cn1c(CCl)nc2c(C#N)cccc21. The molecule has 0 saturated carbocycles. The first-order valence-corrected chi connectivity index (χ1v) is 7.06. The number of rotatable bonds is 4. The molecule has 1 aromatic heterocycles. The van der Waals surface area contributed by atoms with Crippen LogP contribution in [-0.4, -0.2) is 9.55 Å². The Morgan fingerprint density at radius 3 is 2.68 bits per heavy atom. The number of nitriles is 1. The molecule has 0 radical (unpaired) electrons. The van der Waals surface area contributed by atoms with Gasteiger partial charge in [-0.05, 0) is 24.0 Å². The lowest BCUT2D eigenvalue weighted by Gasteiger charge is -2.18. The van der Waals surface area contributed by atoms with Crippen LogP contribution in [0.15, 0.2) is 18.2 Å². The summed E-state index contributed by atoms with van der Waals surface area (Å²) in [4.78, 5) is 4.52. The maximum atomic E-state index is 9.15. The van der Waals surface area contributed by atoms with Gasteiger partial charge in [-0.15, -0.1) is 11.6 Å². The molecule has 1 heterocycles. The van der Waals surface area contributed by atoms with Crippen LogP contribution in [0.1, 0.15) is 32.2 Å². The minimum atomic E-state index is 0.365. The third-order valence-corrected chi connectivity index (χ3v) is 3.95. The van der Waals surface area contributed by atoms with E-state index in [1.807, 2.05) is 12.1 Å². The Kier molecular flexibility index (Phi) is 4.11. The van der Waals surface area contributed by atoms with Gasteiger partial charge in [0.2, 0.25) is 0 Å². The van der Waals surface area contributed by atoms with Gasteiger partial charge >= 0.3 is 0 Å². The third kappa shape index (κ3) is 2.59. The number of nitrogens with zero attached hydrogens (tertiary/aromatic N) is 3. The number of halogens is 1. The maximum absolute atomic E-state index is 9.15. The van der Waals surface area contributed by atoms with Gasteiger partial charge in [0.15, 0.2) is 0 Å². The molecule has 0 saturated heterocycles. The minimum absolute atomic E-state index is 0.365. The number of para-hydroxylation sites is 1. The monoisotopic (exact) mass is 275 g/mol. The molecule has 0 fully saturated rings. The first-order valence-electron chi connectivity index (χ1n) is 6.52. The molecule has 1 aromatic carbocycles. The van der Waals surface area contributed by atoms with Crippen molar-refractivity contribution in [3.05, 3.63) is 29.6 Å². The molecule has 1 unspecified atom stereocenters. The molecule has 19 heavy (non-hydrogen) atoms. The fourth-order valence-electron chi connectivity index (χ4n) is 2.09. The number of alkyl halides is 1. The van der Waals surface area contributed by atoms with Gasteiger partial charge in [-0.1, -0.05) is 26.8 Å². The first kappa shape index (κ1) is 13.9. The Morgan fingerprint density at radius 1 is 1.37 bits per heavy atom. The zero-order valence-electron chi connectivity index (χ0n) is 11.5. The molecular weight excluding hydrogens is 258 g/mol. The second-order valence-corrected chi connectivity index (χ2v) is 5.55. The van der Waals surface area contributed by atoms with Gasteiger partial charge in [0.25, 0.3) is 0 Å². The van der Waals surface area contributed by atoms with Crippen LogP contribution in [0, 0.1) is 23.2 Å². The predicted molar refractivity (Wildman–Crippen MR) is 78.0 cm³/mol. The van der Waals surface area contributed by atoms with Gasteiger partial charge in [0.1, 0.15) is 17.4 Å². The van der Waals surface area contributed by atoms with E-state index in [4.69, 9.17) is 16.9 Å². The number of fused-ring (bicyclic) bond motifs is 1. The van der Waals surface area contributed by atoms with Crippen LogP contribution >= 0.6 is 11.6 Å². The highest BCUT2D eigenvalue weighted by molar-refractivity contribution is 6.16. The number of imidazole rings is 1. The van der Waals surface area contributed by atoms with Gasteiger partial charge in [0, 0.05) is 6.54 Å². The van der Waals surface area contributed by atoms with Crippen molar-refractivity contribution in [1.29, 1.82) is 5.26 Å². The van der Waals surface area contributed by atoms with E-state index >= 15 is 0 Å². The summed E-state index contributed by atoms with van der Waals surface area (Å²) in [6.45, 7) is 7.53. The van der Waals surface area contributed by atoms with Gasteiger partial charge in [-0.2, -0.15) is 5.26 Å². The molecule has 0 N–H and O–H groups in total. The van der Waals surface area contributed by atoms with Crippen molar-refractivity contribution in [3.63, 3.8) is 0 Å². The summed E-state index contributed by atoms with van der Waals surface area (Å²) >= 11 is 6.00. The van der Waals surface area contributed by atoms with E-state index < -0.39 is 0 Å². The van der Waals surface area contributed by atoms with Gasteiger partial charge in [0.05, 0.1) is 17.0 Å². The van der Waals surface area contributed by atoms with E-state index in [2.05, 4.69) is 36.4 Å². The summed E-state index contributed by atoms with van der Waals surface area (Å²) in [5.74, 6) is 2.33. The normalized spacial score (nSPS) is 12.8. The second-order valence-electron chi connectivity index (χ2n) is 5.28. The lowest BCUT2D eigenvalue weighted by atomic mass is 9.98. The van der Waals surface area contributed by atoms with Gasteiger partial charge < -0.3 is 4.57 Å². The highest BCUT2D eigenvalue weighted by Crippen LogP contribution is 2.23. The minimum Gasteiger partial charge on any atom is -0.327 e. The van der Waals surface area contributed by atoms with Crippen LogP contribution in [0.3, 0.4) is 0 Å². The van der Waals surface area contributed by atoms with Crippen LogP contribution in [0.5, 0.6) is 0 Å². The Hall–Kier alpha value is -1.53. The van der Waals surface area contributed by atoms with Crippen LogP contribution < -0.4 is 0 Å². The van der Waals surface area contributed by atoms with Crippen molar-refractivity contribution in [2.45, 2.75) is 33.2 Å². The van der Waals surface area contributed by atoms with Crippen molar-refractivity contribution in [3.8, 4) is 6.07 Å². The number of hydrogen-bond acceptors (Lipinski definition) is 2. The molecule has 4 heteroatoms. The lowest BCUT2D eigenvalue weighted by molar-refractivity contribution is 0.365. The fourth-order valence-corrected chi connectivity index (χ4v) is 2.29. The van der Waals surface area contributed by atoms with E-state index in [-0.39, 0.29) is 0 Å². The molecule has 0 aliphatic heterocycles. The highest BCUT2D eigenvalue weighted by Gasteiger charge is 2.16. The van der Waals surface area contributed by atoms with Crippen molar-refractivity contribution in [2.75, 3.05) is 0 Å². The van der Waals surface area contributed by atoms with Crippen LogP contribution in [-0.2, 0) is 12.4 Å². The quantitative estimate of drug-likeness (QED) is 0.793. The standard InChI is InChI=1S/C15H18ClN3/c1-10(2)11(3)9-19-13-6-4-5-12(8-17)15(13)18-14(19)7-16/h4-6,10-11H,7,9H2,1-3H3. The summed E-state index contributed by atoms with van der Waals surface area (Å²) in [5, 5.41) is 9.15. The predicted octanol–water partition coefficient (Wildman–Crippen LogP) is 3.94. The molecule has 1 atom stereocenters. The average Bonchev–Trinajstić information content (AvgIpc) is 2.76. The Labute approximate surface area is 118 Å². The summed E-state index contributed by atoms with van der Waals surface area (Å²) < 4.78 is 2.15. The van der Waals surface area contributed by atoms with Crippen molar-refractivity contribution < 1.29 is 0 Å². The van der Waals surface area contributed by atoms with E-state index in [0.29, 0.717) is 23.3 Å². The van der Waals surface area contributed by atoms with E-state index in [1.54, 1.807) is 6.07 Å². The maximum Gasteiger partial charge on any atom is 0.124 e. The van der Waals surface area contributed by atoms with Crippen molar-refractivity contribution in [1.82, 2.24) is 9.55 Å². The van der Waals surface area contributed by atoms with Crippen LogP contribution in [0.4, 0.5) is 0 Å². The van der Waals surface area contributed by atoms with Crippen molar-refractivity contribution >= 4 is 22.6 Å². The molecule has 0 bridgehead atoms. The summed E-state index contributed by atoms with van der Waals surface area (Å²) in [6.07, 6.45) is 0. The van der Waals surface area contributed by atoms with E-state index in [9.17, 15) is 0 Å². The zero-order chi connectivity index (χ0) is 14.0. The second kappa shape index (κ2) is 5.63. The third-order valence-electron chi connectivity index (χ3n) is 3.71. The number of benzene rings is 1. The van der Waals surface area contributed by atoms with Gasteiger partial charge in [-0.25, -0.2) is 4.98 Å². The number of aromatic nitrogens is 2. The summed E-state index contributed by atoms with van der Waals surface area (Å²) in [7, 11) is 0. The van der Waals surface area contributed by atoms with Crippen LogP contribution in [0.2, 0.25) is 0 Å². The smallest absolute Gasteiger partial charge is 0.124 e. The molecule has 100 valence electrons. The zero-order valence-corrected chi connectivity index (χ0v) is 12.3. The van der Waals surface area contributed by atoms with Gasteiger partial charge in [-0.3, -0.25) is 0 Å². The average molecular weight is 276 g/mol. The molecule has 2 rings (SSSR count). The largest absolute Gasteiger partial charge is 0.327 e. The fraction of sp³-hybridized carbons (Fsp3) is 0.467. The Bertz CT molecular complexity index is 622. The molecule has 3 nitrogen and oxygen atoms in total. The molecule has 2 aromatic rings. The summed E-state index contributed by atoms with van der Waals surface area (Å²) in [6, 6.07) is 7.89. The molecular formula is C15H18ClN3. The molecule has 0 amide bonds. The Balaban J connectivity index is 2.56. The lowest BCUT2D eigenvalue weighted by Crippen LogP contribution is -2.14. The number of hydrogen-bond donors (Lipinski definition) is 0. The Morgan fingerprint density at radius 2 is 2.11 bits per heavy atom. The molecule has 0 spiro atoms. The molecule has 0 aliphatic carbocycles. The van der Waals surface area contributed by atoms with E-state index in [1.165, 1.54) is 0 Å². The first-order chi connectivity index (χ1) is 9.08. The van der Waals surface area contributed by atoms with Crippen LogP contribution in [0.25, 0.3) is 11.0 Å².